The molecule has 0 saturated carbocycles. The number of aryl methyl sites for hydroxylation is 2. The summed E-state index contributed by atoms with van der Waals surface area (Å²) < 4.78 is 1.67. The first-order valence-electron chi connectivity index (χ1n) is 6.54. The van der Waals surface area contributed by atoms with E-state index < -0.39 is 0 Å². The minimum Gasteiger partial charge on any atom is -0.493 e. The molecule has 2 aromatic rings. The third-order valence-electron chi connectivity index (χ3n) is 3.22. The number of para-hydroxylation sites is 1. The molecule has 0 bridgehead atoms. The van der Waals surface area contributed by atoms with Crippen molar-refractivity contribution >= 4 is 0 Å². The lowest BCUT2D eigenvalue weighted by Crippen LogP contribution is -1.99. The van der Waals surface area contributed by atoms with Crippen molar-refractivity contribution in [2.24, 2.45) is 0 Å². The van der Waals surface area contributed by atoms with Crippen LogP contribution in [0, 0.1) is 6.92 Å². The van der Waals surface area contributed by atoms with Crippen molar-refractivity contribution in [1.82, 2.24) is 9.78 Å². The maximum absolute atomic E-state index is 10.3. The molecule has 3 nitrogen and oxygen atoms in total. The van der Waals surface area contributed by atoms with Crippen LogP contribution in [0.4, 0.5) is 0 Å². The first-order chi connectivity index (χ1) is 8.69. The quantitative estimate of drug-likeness (QED) is 0.895. The summed E-state index contributed by atoms with van der Waals surface area (Å²) in [6.07, 6.45) is 2.76. The fraction of sp³-hybridized carbons (Fsp3) is 0.400. The first kappa shape index (κ1) is 12.7. The number of nitrogens with zero attached hydrogens (tertiary/aromatic N) is 2. The van der Waals surface area contributed by atoms with Crippen LogP contribution >= 0.6 is 0 Å². The molecule has 0 atom stereocenters. The van der Waals surface area contributed by atoms with Gasteiger partial charge in [-0.05, 0) is 31.4 Å². The minimum absolute atomic E-state index is 0.287. The average molecular weight is 244 g/mol. The molecule has 96 valence electrons. The van der Waals surface area contributed by atoms with Gasteiger partial charge in [-0.3, -0.25) is 0 Å². The molecule has 1 aromatic heterocycles. The van der Waals surface area contributed by atoms with Crippen LogP contribution in [0.25, 0.3) is 5.69 Å². The number of benzene rings is 1. The van der Waals surface area contributed by atoms with E-state index >= 15 is 0 Å². The number of aromatic hydroxyl groups is 1. The van der Waals surface area contributed by atoms with Gasteiger partial charge in [0.2, 0.25) is 5.88 Å². The van der Waals surface area contributed by atoms with E-state index in [1.165, 1.54) is 0 Å². The Bertz CT molecular complexity index is 543. The fourth-order valence-corrected chi connectivity index (χ4v) is 2.25. The Kier molecular flexibility index (Phi) is 3.70. The Morgan fingerprint density at radius 2 is 1.94 bits per heavy atom. The summed E-state index contributed by atoms with van der Waals surface area (Å²) in [6, 6.07) is 7.97. The Labute approximate surface area is 108 Å². The topological polar surface area (TPSA) is 38.0 Å². The van der Waals surface area contributed by atoms with Gasteiger partial charge < -0.3 is 5.11 Å². The van der Waals surface area contributed by atoms with Crippen LogP contribution in [0.15, 0.2) is 24.3 Å². The predicted octanol–water partition coefficient (Wildman–Crippen LogP) is 3.40. The maximum Gasteiger partial charge on any atom is 0.217 e. The number of hydrogen-bond acceptors (Lipinski definition) is 2. The van der Waals surface area contributed by atoms with E-state index in [9.17, 15) is 5.11 Å². The van der Waals surface area contributed by atoms with Gasteiger partial charge in [-0.2, -0.15) is 5.10 Å². The van der Waals surface area contributed by atoms with E-state index in [0.717, 1.165) is 41.8 Å². The van der Waals surface area contributed by atoms with Gasteiger partial charge in [0.15, 0.2) is 0 Å². The second-order valence-corrected chi connectivity index (χ2v) is 4.55. The SMILES string of the molecule is CCCc1nn(-c2ccccc2C)c(O)c1CC. The van der Waals surface area contributed by atoms with Crippen LogP contribution < -0.4 is 0 Å². The fourth-order valence-electron chi connectivity index (χ4n) is 2.25. The normalized spacial score (nSPS) is 10.8. The highest BCUT2D eigenvalue weighted by Gasteiger charge is 2.16. The van der Waals surface area contributed by atoms with Crippen molar-refractivity contribution in [3.63, 3.8) is 0 Å². The van der Waals surface area contributed by atoms with Crippen molar-refractivity contribution in [2.45, 2.75) is 40.0 Å². The van der Waals surface area contributed by atoms with E-state index in [1.807, 2.05) is 31.2 Å². The van der Waals surface area contributed by atoms with Gasteiger partial charge in [0.05, 0.1) is 11.4 Å². The predicted molar refractivity (Wildman–Crippen MR) is 73.3 cm³/mol. The molecule has 0 aliphatic carbocycles. The van der Waals surface area contributed by atoms with Crippen LogP contribution in [0.2, 0.25) is 0 Å². The number of aromatic nitrogens is 2. The molecule has 0 radical (unpaired) electrons. The Morgan fingerprint density at radius 1 is 1.22 bits per heavy atom. The van der Waals surface area contributed by atoms with Crippen LogP contribution in [-0.4, -0.2) is 14.9 Å². The lowest BCUT2D eigenvalue weighted by atomic mass is 10.1. The highest BCUT2D eigenvalue weighted by Crippen LogP contribution is 2.27. The van der Waals surface area contributed by atoms with E-state index in [1.54, 1.807) is 4.68 Å². The smallest absolute Gasteiger partial charge is 0.217 e. The zero-order valence-electron chi connectivity index (χ0n) is 11.3. The Balaban J connectivity index is 2.55. The summed E-state index contributed by atoms with van der Waals surface area (Å²) in [5.41, 5.74) is 4.05. The molecule has 1 N–H and O–H groups in total. The van der Waals surface area contributed by atoms with E-state index in [0.29, 0.717) is 0 Å². The molecule has 2 rings (SSSR count). The molecule has 0 aliphatic rings. The third-order valence-corrected chi connectivity index (χ3v) is 3.22. The Morgan fingerprint density at radius 3 is 2.56 bits per heavy atom. The van der Waals surface area contributed by atoms with Gasteiger partial charge in [-0.15, -0.1) is 0 Å². The molecule has 0 fully saturated rings. The molecule has 3 heteroatoms. The largest absolute Gasteiger partial charge is 0.493 e. The molecular weight excluding hydrogens is 224 g/mol. The van der Waals surface area contributed by atoms with Crippen molar-refractivity contribution < 1.29 is 5.11 Å². The lowest BCUT2D eigenvalue weighted by molar-refractivity contribution is 0.428. The van der Waals surface area contributed by atoms with Crippen molar-refractivity contribution in [1.29, 1.82) is 0 Å². The van der Waals surface area contributed by atoms with Crippen LogP contribution in [0.5, 0.6) is 5.88 Å². The van der Waals surface area contributed by atoms with Crippen LogP contribution in [-0.2, 0) is 12.8 Å². The summed E-state index contributed by atoms with van der Waals surface area (Å²) in [5, 5.41) is 14.9. The van der Waals surface area contributed by atoms with Gasteiger partial charge in [0, 0.05) is 5.56 Å². The third kappa shape index (κ3) is 2.13. The average Bonchev–Trinajstić information content (AvgIpc) is 2.67. The van der Waals surface area contributed by atoms with Gasteiger partial charge in [-0.25, -0.2) is 4.68 Å². The molecule has 0 amide bonds. The first-order valence-corrected chi connectivity index (χ1v) is 6.54. The molecule has 1 heterocycles. The van der Waals surface area contributed by atoms with Crippen molar-refractivity contribution in [3.8, 4) is 11.6 Å². The molecule has 0 unspecified atom stereocenters. The standard InChI is InChI=1S/C15H20N2O/c1-4-8-13-12(5-2)15(18)17(16-13)14-10-7-6-9-11(14)3/h6-7,9-10,18H,4-5,8H2,1-3H3. The monoisotopic (exact) mass is 244 g/mol. The van der Waals surface area contributed by atoms with Gasteiger partial charge in [-0.1, -0.05) is 38.5 Å². The highest BCUT2D eigenvalue weighted by atomic mass is 16.3. The summed E-state index contributed by atoms with van der Waals surface area (Å²) in [6.45, 7) is 6.21. The summed E-state index contributed by atoms with van der Waals surface area (Å²) >= 11 is 0. The molecular formula is C15H20N2O. The van der Waals surface area contributed by atoms with E-state index in [4.69, 9.17) is 0 Å². The van der Waals surface area contributed by atoms with Crippen molar-refractivity contribution in [2.75, 3.05) is 0 Å². The van der Waals surface area contributed by atoms with Crippen molar-refractivity contribution in [3.05, 3.63) is 41.1 Å². The zero-order chi connectivity index (χ0) is 13.1. The van der Waals surface area contributed by atoms with Gasteiger partial charge >= 0.3 is 0 Å². The lowest BCUT2D eigenvalue weighted by Gasteiger charge is -2.06. The van der Waals surface area contributed by atoms with Crippen LogP contribution in [0.3, 0.4) is 0 Å². The van der Waals surface area contributed by atoms with E-state index in [-0.39, 0.29) is 5.88 Å². The number of hydrogen-bond donors (Lipinski definition) is 1. The van der Waals surface area contributed by atoms with Crippen LogP contribution in [0.1, 0.15) is 37.1 Å². The second-order valence-electron chi connectivity index (χ2n) is 4.55. The van der Waals surface area contributed by atoms with Gasteiger partial charge in [0.1, 0.15) is 0 Å². The second kappa shape index (κ2) is 5.25. The molecule has 0 spiro atoms. The number of rotatable bonds is 4. The minimum atomic E-state index is 0.287. The van der Waals surface area contributed by atoms with E-state index in [2.05, 4.69) is 18.9 Å². The zero-order valence-corrected chi connectivity index (χ0v) is 11.3. The Hall–Kier alpha value is -1.77. The highest BCUT2D eigenvalue weighted by molar-refractivity contribution is 5.45. The molecule has 18 heavy (non-hydrogen) atoms. The molecule has 0 aliphatic heterocycles. The maximum atomic E-state index is 10.3. The summed E-state index contributed by atoms with van der Waals surface area (Å²) in [7, 11) is 0. The molecule has 0 saturated heterocycles. The summed E-state index contributed by atoms with van der Waals surface area (Å²) in [4.78, 5) is 0. The summed E-state index contributed by atoms with van der Waals surface area (Å²) in [5.74, 6) is 0.287. The molecule has 1 aromatic carbocycles. The van der Waals surface area contributed by atoms with Gasteiger partial charge in [0.25, 0.3) is 0 Å².